The molecule has 0 aliphatic heterocycles. The number of nitrogen functional groups attached to an aromatic ring is 1. The first-order valence-corrected chi connectivity index (χ1v) is 3.54. The van der Waals surface area contributed by atoms with Gasteiger partial charge in [-0.2, -0.15) is 4.39 Å². The van der Waals surface area contributed by atoms with Crippen LogP contribution < -0.4 is 5.73 Å². The van der Waals surface area contributed by atoms with Crippen molar-refractivity contribution < 1.29 is 13.2 Å². The summed E-state index contributed by atoms with van der Waals surface area (Å²) in [5.41, 5.74) is 6.59. The van der Waals surface area contributed by atoms with Crippen LogP contribution in [-0.2, 0) is 0 Å². The zero-order valence-electron chi connectivity index (χ0n) is 6.77. The third-order valence-electron chi connectivity index (χ3n) is 1.89. The van der Waals surface area contributed by atoms with Gasteiger partial charge in [-0.05, 0) is 13.8 Å². The van der Waals surface area contributed by atoms with E-state index in [1.807, 2.05) is 0 Å². The summed E-state index contributed by atoms with van der Waals surface area (Å²) in [7, 11) is 0. The summed E-state index contributed by atoms with van der Waals surface area (Å²) in [6.07, 6.45) is 0. The SMILES string of the molecule is Cc1oc2c(C)c(N)oc2c1F. The van der Waals surface area contributed by atoms with Gasteiger partial charge in [0.15, 0.2) is 11.5 Å². The maximum atomic E-state index is 13.1. The molecule has 0 fully saturated rings. The van der Waals surface area contributed by atoms with E-state index in [9.17, 15) is 4.39 Å². The molecule has 2 heterocycles. The van der Waals surface area contributed by atoms with Gasteiger partial charge in [-0.3, -0.25) is 0 Å². The van der Waals surface area contributed by atoms with Crippen LogP contribution in [0.25, 0.3) is 11.2 Å². The van der Waals surface area contributed by atoms with E-state index in [0.29, 0.717) is 11.1 Å². The molecule has 0 atom stereocenters. The molecular formula is C8H8FNO2. The summed E-state index contributed by atoms with van der Waals surface area (Å²) in [4.78, 5) is 0. The molecule has 3 nitrogen and oxygen atoms in total. The van der Waals surface area contributed by atoms with Crippen molar-refractivity contribution in [1.82, 2.24) is 0 Å². The first kappa shape index (κ1) is 7.21. The zero-order chi connectivity index (χ0) is 8.88. The fraction of sp³-hybridized carbons (Fsp3) is 0.250. The maximum Gasteiger partial charge on any atom is 0.211 e. The van der Waals surface area contributed by atoms with Crippen LogP contribution in [0.15, 0.2) is 8.83 Å². The lowest BCUT2D eigenvalue weighted by Crippen LogP contribution is -1.82. The van der Waals surface area contributed by atoms with Crippen LogP contribution in [0, 0.1) is 19.7 Å². The molecule has 0 aliphatic rings. The van der Waals surface area contributed by atoms with Crippen molar-refractivity contribution >= 4 is 17.1 Å². The Morgan fingerprint density at radius 2 is 1.83 bits per heavy atom. The predicted octanol–water partition coefficient (Wildman–Crippen LogP) is 2.36. The molecule has 0 aromatic carbocycles. The molecule has 0 bridgehead atoms. The molecular weight excluding hydrogens is 161 g/mol. The van der Waals surface area contributed by atoms with Crippen molar-refractivity contribution in [1.29, 1.82) is 0 Å². The topological polar surface area (TPSA) is 52.3 Å². The van der Waals surface area contributed by atoms with Gasteiger partial charge in [0, 0.05) is 0 Å². The maximum absolute atomic E-state index is 13.1. The Balaban J connectivity index is 2.93. The Kier molecular flexibility index (Phi) is 1.22. The lowest BCUT2D eigenvalue weighted by Gasteiger charge is -1.86. The molecule has 2 N–H and O–H groups in total. The average Bonchev–Trinajstić information content (AvgIpc) is 2.43. The van der Waals surface area contributed by atoms with E-state index in [1.165, 1.54) is 0 Å². The van der Waals surface area contributed by atoms with Gasteiger partial charge in [0.25, 0.3) is 0 Å². The number of nitrogens with two attached hydrogens (primary N) is 1. The molecule has 2 rings (SSSR count). The predicted molar refractivity (Wildman–Crippen MR) is 42.3 cm³/mol. The van der Waals surface area contributed by atoms with Gasteiger partial charge in [0.05, 0.1) is 5.56 Å². The highest BCUT2D eigenvalue weighted by molar-refractivity contribution is 5.80. The van der Waals surface area contributed by atoms with Gasteiger partial charge in [0.1, 0.15) is 5.76 Å². The molecule has 4 heteroatoms. The fourth-order valence-electron chi connectivity index (χ4n) is 1.14. The monoisotopic (exact) mass is 169 g/mol. The number of aryl methyl sites for hydroxylation is 2. The minimum atomic E-state index is -0.468. The number of hydrogen-bond acceptors (Lipinski definition) is 3. The van der Waals surface area contributed by atoms with E-state index in [-0.39, 0.29) is 17.2 Å². The molecule has 64 valence electrons. The van der Waals surface area contributed by atoms with Crippen molar-refractivity contribution in [3.8, 4) is 0 Å². The second kappa shape index (κ2) is 2.03. The number of fused-ring (bicyclic) bond motifs is 1. The summed E-state index contributed by atoms with van der Waals surface area (Å²) in [6.45, 7) is 3.27. The number of hydrogen-bond donors (Lipinski definition) is 1. The van der Waals surface area contributed by atoms with Crippen molar-refractivity contribution in [2.75, 3.05) is 5.73 Å². The first-order valence-electron chi connectivity index (χ1n) is 3.54. The van der Waals surface area contributed by atoms with Crippen LogP contribution >= 0.6 is 0 Å². The van der Waals surface area contributed by atoms with E-state index in [2.05, 4.69) is 0 Å². The minimum Gasteiger partial charge on any atom is -0.454 e. The van der Waals surface area contributed by atoms with Crippen LogP contribution in [0.3, 0.4) is 0 Å². The normalized spacial score (nSPS) is 11.2. The van der Waals surface area contributed by atoms with E-state index < -0.39 is 5.82 Å². The number of furan rings is 2. The molecule has 2 aromatic rings. The highest BCUT2D eigenvalue weighted by Crippen LogP contribution is 2.32. The highest BCUT2D eigenvalue weighted by Gasteiger charge is 2.18. The molecule has 0 spiro atoms. The summed E-state index contributed by atoms with van der Waals surface area (Å²) in [6, 6.07) is 0. The molecule has 0 radical (unpaired) electrons. The van der Waals surface area contributed by atoms with Gasteiger partial charge in [-0.15, -0.1) is 0 Å². The third-order valence-corrected chi connectivity index (χ3v) is 1.89. The molecule has 2 aromatic heterocycles. The van der Waals surface area contributed by atoms with Crippen molar-refractivity contribution in [2.45, 2.75) is 13.8 Å². The second-order valence-electron chi connectivity index (χ2n) is 2.72. The Bertz CT molecular complexity index is 399. The molecule has 0 unspecified atom stereocenters. The molecule has 0 aliphatic carbocycles. The number of halogens is 1. The third kappa shape index (κ3) is 0.691. The summed E-state index contributed by atoms with van der Waals surface area (Å²) in [5, 5.41) is 0. The zero-order valence-corrected chi connectivity index (χ0v) is 6.77. The number of anilines is 1. The van der Waals surface area contributed by atoms with Crippen LogP contribution in [0.4, 0.5) is 10.3 Å². The van der Waals surface area contributed by atoms with Gasteiger partial charge in [0.2, 0.25) is 11.4 Å². The second-order valence-corrected chi connectivity index (χ2v) is 2.72. The van der Waals surface area contributed by atoms with Crippen LogP contribution in [-0.4, -0.2) is 0 Å². The van der Waals surface area contributed by atoms with Gasteiger partial charge < -0.3 is 14.6 Å². The molecule has 0 saturated carbocycles. The Morgan fingerprint density at radius 3 is 2.42 bits per heavy atom. The Labute approximate surface area is 67.9 Å². The van der Waals surface area contributed by atoms with E-state index >= 15 is 0 Å². The molecule has 0 saturated heterocycles. The summed E-state index contributed by atoms with van der Waals surface area (Å²) < 4.78 is 23.2. The average molecular weight is 169 g/mol. The number of rotatable bonds is 0. The van der Waals surface area contributed by atoms with Crippen LogP contribution in [0.5, 0.6) is 0 Å². The quantitative estimate of drug-likeness (QED) is 0.658. The highest BCUT2D eigenvalue weighted by atomic mass is 19.1. The smallest absolute Gasteiger partial charge is 0.211 e. The van der Waals surface area contributed by atoms with Gasteiger partial charge >= 0.3 is 0 Å². The standard InChI is InChI=1S/C8H8FNO2/c1-3-6-7(12-8(3)10)5(9)4(2)11-6/h10H2,1-2H3. The van der Waals surface area contributed by atoms with E-state index in [4.69, 9.17) is 14.6 Å². The first-order chi connectivity index (χ1) is 5.61. The van der Waals surface area contributed by atoms with E-state index in [0.717, 1.165) is 0 Å². The van der Waals surface area contributed by atoms with Gasteiger partial charge in [-0.25, -0.2) is 0 Å². The largest absolute Gasteiger partial charge is 0.454 e. The lowest BCUT2D eigenvalue weighted by molar-refractivity contribution is 0.513. The molecule has 0 amide bonds. The Hall–Kier alpha value is -1.45. The van der Waals surface area contributed by atoms with Crippen LogP contribution in [0.2, 0.25) is 0 Å². The van der Waals surface area contributed by atoms with Crippen LogP contribution in [0.1, 0.15) is 11.3 Å². The van der Waals surface area contributed by atoms with E-state index in [1.54, 1.807) is 13.8 Å². The molecule has 12 heavy (non-hydrogen) atoms. The minimum absolute atomic E-state index is 0.113. The van der Waals surface area contributed by atoms with Crippen molar-refractivity contribution in [2.24, 2.45) is 0 Å². The summed E-state index contributed by atoms with van der Waals surface area (Å²) >= 11 is 0. The summed E-state index contributed by atoms with van der Waals surface area (Å²) in [5.74, 6) is -0.0284. The van der Waals surface area contributed by atoms with Crippen molar-refractivity contribution in [3.63, 3.8) is 0 Å². The lowest BCUT2D eigenvalue weighted by atomic mass is 10.3. The Morgan fingerprint density at radius 1 is 1.17 bits per heavy atom. The van der Waals surface area contributed by atoms with Crippen molar-refractivity contribution in [3.05, 3.63) is 17.1 Å². The fourth-order valence-corrected chi connectivity index (χ4v) is 1.14. The van der Waals surface area contributed by atoms with Gasteiger partial charge in [-0.1, -0.05) is 0 Å².